The second-order valence-corrected chi connectivity index (χ2v) is 7.87. The number of halogens is 1. The van der Waals surface area contributed by atoms with E-state index in [1.165, 1.54) is 0 Å². The second kappa shape index (κ2) is 7.29. The van der Waals surface area contributed by atoms with E-state index in [-0.39, 0.29) is 4.90 Å². The maximum Gasteiger partial charge on any atom is 0.240 e. The molecule has 0 aliphatic carbocycles. The van der Waals surface area contributed by atoms with E-state index in [1.54, 1.807) is 28.9 Å². The van der Waals surface area contributed by atoms with Crippen LogP contribution < -0.4 is 4.72 Å². The lowest BCUT2D eigenvalue weighted by molar-refractivity contribution is 0.581. The summed E-state index contributed by atoms with van der Waals surface area (Å²) >= 11 is 3.28. The molecule has 0 radical (unpaired) electrons. The molecule has 0 fully saturated rings. The van der Waals surface area contributed by atoms with Gasteiger partial charge in [-0.05, 0) is 36.4 Å². The average Bonchev–Trinajstić information content (AvgIpc) is 3.04. The van der Waals surface area contributed by atoms with Gasteiger partial charge in [-0.3, -0.25) is 0 Å². The standard InChI is InChI=1S/C17H16BrN3O2S/c18-14-5-4-8-17(13-14)24(22,23)19-11-9-15-10-12-21(20-15)16-6-2-1-3-7-16/h1-8,10,12-13,19H,9,11H2. The molecule has 5 nitrogen and oxygen atoms in total. The summed E-state index contributed by atoms with van der Waals surface area (Å²) in [6.07, 6.45) is 2.39. The first kappa shape index (κ1) is 16.9. The fourth-order valence-electron chi connectivity index (χ4n) is 2.25. The van der Waals surface area contributed by atoms with E-state index in [1.807, 2.05) is 42.6 Å². The van der Waals surface area contributed by atoms with Gasteiger partial charge < -0.3 is 0 Å². The first-order chi connectivity index (χ1) is 11.5. The van der Waals surface area contributed by atoms with Gasteiger partial charge in [0.15, 0.2) is 0 Å². The van der Waals surface area contributed by atoms with Gasteiger partial charge in [-0.15, -0.1) is 0 Å². The van der Waals surface area contributed by atoms with E-state index in [0.717, 1.165) is 15.9 Å². The molecule has 0 amide bonds. The molecule has 0 saturated carbocycles. The smallest absolute Gasteiger partial charge is 0.240 e. The highest BCUT2D eigenvalue weighted by molar-refractivity contribution is 9.10. The molecule has 1 aromatic heterocycles. The van der Waals surface area contributed by atoms with Crippen LogP contribution in [0.2, 0.25) is 0 Å². The van der Waals surface area contributed by atoms with Crippen LogP contribution in [0, 0.1) is 0 Å². The summed E-state index contributed by atoms with van der Waals surface area (Å²) in [5.74, 6) is 0. The van der Waals surface area contributed by atoms with Crippen LogP contribution in [-0.2, 0) is 16.4 Å². The van der Waals surface area contributed by atoms with Gasteiger partial charge in [0.2, 0.25) is 10.0 Å². The Kier molecular flexibility index (Phi) is 5.13. The van der Waals surface area contributed by atoms with Gasteiger partial charge in [-0.2, -0.15) is 5.10 Å². The van der Waals surface area contributed by atoms with Crippen LogP contribution in [0.25, 0.3) is 5.69 Å². The van der Waals surface area contributed by atoms with Gasteiger partial charge in [-0.1, -0.05) is 40.2 Å². The molecule has 24 heavy (non-hydrogen) atoms. The van der Waals surface area contributed by atoms with Crippen LogP contribution in [0.1, 0.15) is 5.69 Å². The minimum atomic E-state index is -3.51. The molecule has 1 N–H and O–H groups in total. The summed E-state index contributed by atoms with van der Waals surface area (Å²) in [4.78, 5) is 0.242. The normalized spacial score (nSPS) is 11.5. The van der Waals surface area contributed by atoms with Crippen molar-refractivity contribution < 1.29 is 8.42 Å². The van der Waals surface area contributed by atoms with E-state index in [2.05, 4.69) is 25.8 Å². The number of para-hydroxylation sites is 1. The number of hydrogen-bond acceptors (Lipinski definition) is 3. The average molecular weight is 406 g/mol. The van der Waals surface area contributed by atoms with Crippen LogP contribution in [0.4, 0.5) is 0 Å². The minimum Gasteiger partial charge on any atom is -0.241 e. The van der Waals surface area contributed by atoms with E-state index in [4.69, 9.17) is 0 Å². The Morgan fingerprint density at radius 1 is 1.04 bits per heavy atom. The molecule has 0 saturated heterocycles. The molecule has 3 rings (SSSR count). The van der Waals surface area contributed by atoms with Crippen molar-refractivity contribution in [2.24, 2.45) is 0 Å². The Balaban J connectivity index is 1.62. The number of hydrogen-bond donors (Lipinski definition) is 1. The van der Waals surface area contributed by atoms with E-state index in [9.17, 15) is 8.42 Å². The lowest BCUT2D eigenvalue weighted by atomic mass is 10.3. The number of benzene rings is 2. The third-order valence-corrected chi connectivity index (χ3v) is 5.40. The van der Waals surface area contributed by atoms with Crippen molar-refractivity contribution in [3.05, 3.63) is 77.0 Å². The van der Waals surface area contributed by atoms with E-state index < -0.39 is 10.0 Å². The number of sulfonamides is 1. The van der Waals surface area contributed by atoms with Crippen molar-refractivity contribution in [3.8, 4) is 5.69 Å². The summed E-state index contributed by atoms with van der Waals surface area (Å²) in [7, 11) is -3.51. The molecule has 1 heterocycles. The predicted molar refractivity (Wildman–Crippen MR) is 96.6 cm³/mol. The van der Waals surface area contributed by atoms with Gasteiger partial charge >= 0.3 is 0 Å². The van der Waals surface area contributed by atoms with Crippen LogP contribution in [0.3, 0.4) is 0 Å². The molecule has 7 heteroatoms. The topological polar surface area (TPSA) is 64.0 Å². The first-order valence-corrected chi connectivity index (χ1v) is 9.67. The molecule has 0 atom stereocenters. The minimum absolute atomic E-state index is 0.242. The summed E-state index contributed by atoms with van der Waals surface area (Å²) in [5, 5.41) is 4.46. The van der Waals surface area contributed by atoms with Gasteiger partial charge in [-0.25, -0.2) is 17.8 Å². The highest BCUT2D eigenvalue weighted by atomic mass is 79.9. The molecule has 0 aliphatic heterocycles. The fraction of sp³-hybridized carbons (Fsp3) is 0.118. The molecular formula is C17H16BrN3O2S. The SMILES string of the molecule is O=S(=O)(NCCc1ccn(-c2ccccc2)n1)c1cccc(Br)c1. The molecule has 0 unspecified atom stereocenters. The zero-order chi connectivity index (χ0) is 17.0. The fourth-order valence-corrected chi connectivity index (χ4v) is 3.88. The van der Waals surface area contributed by atoms with Crippen molar-refractivity contribution in [1.82, 2.24) is 14.5 Å². The number of nitrogens with zero attached hydrogens (tertiary/aromatic N) is 2. The zero-order valence-corrected chi connectivity index (χ0v) is 15.2. The number of nitrogens with one attached hydrogen (secondary N) is 1. The van der Waals surface area contributed by atoms with Gasteiger partial charge in [0.05, 0.1) is 16.3 Å². The van der Waals surface area contributed by atoms with Crippen LogP contribution in [-0.4, -0.2) is 24.7 Å². The first-order valence-electron chi connectivity index (χ1n) is 7.40. The van der Waals surface area contributed by atoms with Gasteiger partial charge in [0.1, 0.15) is 0 Å². The number of rotatable bonds is 6. The maximum absolute atomic E-state index is 12.2. The predicted octanol–water partition coefficient (Wildman–Crippen LogP) is 3.16. The third-order valence-electron chi connectivity index (χ3n) is 3.44. The highest BCUT2D eigenvalue weighted by Gasteiger charge is 2.13. The van der Waals surface area contributed by atoms with E-state index in [0.29, 0.717) is 13.0 Å². The summed E-state index contributed by atoms with van der Waals surface area (Å²) in [5.41, 5.74) is 1.80. The summed E-state index contributed by atoms with van der Waals surface area (Å²) in [6, 6.07) is 18.3. The molecule has 2 aromatic carbocycles. The van der Waals surface area contributed by atoms with Crippen LogP contribution >= 0.6 is 15.9 Å². The second-order valence-electron chi connectivity index (χ2n) is 5.19. The Hall–Kier alpha value is -1.96. The van der Waals surface area contributed by atoms with Crippen LogP contribution in [0.15, 0.2) is 76.2 Å². The quantitative estimate of drug-likeness (QED) is 0.684. The van der Waals surface area contributed by atoms with Gasteiger partial charge in [0.25, 0.3) is 0 Å². The lowest BCUT2D eigenvalue weighted by Gasteiger charge is -2.06. The highest BCUT2D eigenvalue weighted by Crippen LogP contribution is 2.15. The van der Waals surface area contributed by atoms with Crippen LogP contribution in [0.5, 0.6) is 0 Å². The molecule has 124 valence electrons. The zero-order valence-electron chi connectivity index (χ0n) is 12.8. The summed E-state index contributed by atoms with van der Waals surface area (Å²) in [6.45, 7) is 0.292. The summed E-state index contributed by atoms with van der Waals surface area (Å²) < 4.78 is 29.6. The van der Waals surface area contributed by atoms with Crippen molar-refractivity contribution in [2.75, 3.05) is 6.54 Å². The van der Waals surface area contributed by atoms with Crippen molar-refractivity contribution in [3.63, 3.8) is 0 Å². The molecule has 0 spiro atoms. The number of aromatic nitrogens is 2. The van der Waals surface area contributed by atoms with E-state index >= 15 is 0 Å². The molecule has 0 aliphatic rings. The lowest BCUT2D eigenvalue weighted by Crippen LogP contribution is -2.26. The Labute approximate surface area is 149 Å². The Bertz CT molecular complexity index is 924. The van der Waals surface area contributed by atoms with Crippen molar-refractivity contribution in [2.45, 2.75) is 11.3 Å². The Morgan fingerprint density at radius 2 is 1.83 bits per heavy atom. The van der Waals surface area contributed by atoms with Gasteiger partial charge in [0, 0.05) is 23.6 Å². The largest absolute Gasteiger partial charge is 0.241 e. The Morgan fingerprint density at radius 3 is 2.58 bits per heavy atom. The monoisotopic (exact) mass is 405 g/mol. The molecular weight excluding hydrogens is 390 g/mol. The van der Waals surface area contributed by atoms with Crippen molar-refractivity contribution in [1.29, 1.82) is 0 Å². The molecule has 0 bridgehead atoms. The third kappa shape index (κ3) is 4.11. The van der Waals surface area contributed by atoms with Crippen molar-refractivity contribution >= 4 is 26.0 Å². The maximum atomic E-state index is 12.2. The molecule has 3 aromatic rings.